The summed E-state index contributed by atoms with van der Waals surface area (Å²) >= 11 is 12.6. The molecule has 3 amide bonds. The molecule has 1 fully saturated rings. The first-order valence-corrected chi connectivity index (χ1v) is 13.1. The highest BCUT2D eigenvalue weighted by molar-refractivity contribution is 6.35. The highest BCUT2D eigenvalue weighted by Crippen LogP contribution is 2.37. The van der Waals surface area contributed by atoms with Gasteiger partial charge < -0.3 is 19.3 Å². The predicted octanol–water partition coefficient (Wildman–Crippen LogP) is 3.90. The average molecular weight is 564 g/mol. The van der Waals surface area contributed by atoms with Gasteiger partial charge in [-0.3, -0.25) is 19.5 Å². The topological polar surface area (TPSA) is 105 Å². The molecule has 2 atom stereocenters. The number of fused-ring (bicyclic) bond motifs is 1. The molecule has 0 N–H and O–H groups in total. The van der Waals surface area contributed by atoms with Gasteiger partial charge >= 0.3 is 6.09 Å². The number of carbonyl (C=O) groups is 3. The molecule has 0 unspecified atom stereocenters. The Kier molecular flexibility index (Phi) is 8.44. The van der Waals surface area contributed by atoms with Crippen molar-refractivity contribution in [1.82, 2.24) is 19.8 Å². The van der Waals surface area contributed by atoms with Crippen LogP contribution in [0.2, 0.25) is 10.0 Å². The van der Waals surface area contributed by atoms with E-state index in [2.05, 4.69) is 9.97 Å². The highest BCUT2D eigenvalue weighted by atomic mass is 35.5. The lowest BCUT2D eigenvalue weighted by atomic mass is 9.93. The van der Waals surface area contributed by atoms with Crippen molar-refractivity contribution >= 4 is 46.9 Å². The molecule has 0 bridgehead atoms. The number of halogens is 2. The summed E-state index contributed by atoms with van der Waals surface area (Å²) in [5.41, 5.74) is 1.12. The Morgan fingerprint density at radius 3 is 2.63 bits per heavy atom. The van der Waals surface area contributed by atoms with Gasteiger partial charge in [0.15, 0.2) is 11.9 Å². The molecule has 12 heteroatoms. The Hall–Kier alpha value is -2.95. The van der Waals surface area contributed by atoms with Crippen LogP contribution in [0.5, 0.6) is 0 Å². The third-order valence-corrected chi connectivity index (χ3v) is 6.93. The molecule has 3 heterocycles. The van der Waals surface area contributed by atoms with Gasteiger partial charge in [-0.15, -0.1) is 0 Å². The van der Waals surface area contributed by atoms with Gasteiger partial charge in [-0.1, -0.05) is 23.2 Å². The van der Waals surface area contributed by atoms with E-state index in [1.807, 2.05) is 13.0 Å². The van der Waals surface area contributed by atoms with Crippen molar-refractivity contribution in [3.05, 3.63) is 51.9 Å². The van der Waals surface area contributed by atoms with Crippen molar-refractivity contribution in [2.45, 2.75) is 51.9 Å². The van der Waals surface area contributed by atoms with Crippen molar-refractivity contribution in [3.63, 3.8) is 0 Å². The Balaban J connectivity index is 1.46. The Labute approximate surface area is 231 Å². The fraction of sp³-hybridized carbons (Fsp3) is 0.500. The molecule has 204 valence electrons. The molecule has 0 saturated carbocycles. The predicted molar refractivity (Wildman–Crippen MR) is 142 cm³/mol. The van der Waals surface area contributed by atoms with Crippen LogP contribution in [0.25, 0.3) is 0 Å². The number of carbonyl (C=O) groups excluding carboxylic acids is 3. The third-order valence-electron chi connectivity index (χ3n) is 6.40. The number of anilines is 1. The van der Waals surface area contributed by atoms with Crippen LogP contribution in [0.15, 0.2) is 30.7 Å². The molecule has 4 rings (SSSR count). The summed E-state index contributed by atoms with van der Waals surface area (Å²) in [5.74, 6) is -0.393. The van der Waals surface area contributed by atoms with Crippen LogP contribution < -0.4 is 4.90 Å². The van der Waals surface area contributed by atoms with Crippen molar-refractivity contribution in [1.29, 1.82) is 0 Å². The zero-order valence-corrected chi connectivity index (χ0v) is 23.3. The van der Waals surface area contributed by atoms with E-state index < -0.39 is 17.8 Å². The second kappa shape index (κ2) is 11.4. The SMILES string of the molecule is C[C@H]1c2c(Cl)cc(Cl)cc2CCN1C(=O)[C@H]1CN(C(=O)CN(C(=O)OC(C)(C)C)c2cnccn2)CCO1. The maximum absolute atomic E-state index is 13.5. The van der Waals surface area contributed by atoms with Gasteiger partial charge in [0, 0.05) is 35.5 Å². The van der Waals surface area contributed by atoms with Crippen LogP contribution in [0, 0.1) is 0 Å². The summed E-state index contributed by atoms with van der Waals surface area (Å²) in [6, 6.07) is 3.29. The van der Waals surface area contributed by atoms with Crippen LogP contribution in [0.1, 0.15) is 44.9 Å². The minimum absolute atomic E-state index is 0.0602. The van der Waals surface area contributed by atoms with E-state index in [-0.39, 0.29) is 49.9 Å². The van der Waals surface area contributed by atoms with Gasteiger partial charge in [0.25, 0.3) is 5.91 Å². The third kappa shape index (κ3) is 6.36. The number of hydrogen-bond acceptors (Lipinski definition) is 7. The van der Waals surface area contributed by atoms with E-state index in [0.29, 0.717) is 23.0 Å². The standard InChI is InChI=1S/C26H31Cl2N5O5/c1-16-23-17(11-18(27)12-19(23)28)5-8-32(16)24(35)20-14-31(9-10-37-20)22(34)15-33(21-13-29-6-7-30-21)25(36)38-26(2,3)4/h6-7,11-13,16,20H,5,8-10,14-15H2,1-4H3/t16-,20+/m0/s1. The first kappa shape index (κ1) is 28.1. The second-order valence-electron chi connectivity index (χ2n) is 10.2. The van der Waals surface area contributed by atoms with Gasteiger partial charge in [0.1, 0.15) is 12.1 Å². The number of benzene rings is 1. The van der Waals surface area contributed by atoms with Gasteiger partial charge in [-0.25, -0.2) is 9.78 Å². The minimum atomic E-state index is -0.839. The number of nitrogens with zero attached hydrogens (tertiary/aromatic N) is 5. The summed E-state index contributed by atoms with van der Waals surface area (Å²) in [6.07, 6.45) is 3.34. The number of rotatable bonds is 4. The van der Waals surface area contributed by atoms with Gasteiger partial charge in [-0.05, 0) is 57.4 Å². The van der Waals surface area contributed by atoms with Gasteiger partial charge in [0.05, 0.1) is 25.4 Å². The maximum atomic E-state index is 13.5. The molecule has 1 aromatic carbocycles. The number of amides is 3. The van der Waals surface area contributed by atoms with E-state index in [4.69, 9.17) is 32.7 Å². The molecular weight excluding hydrogens is 533 g/mol. The molecule has 10 nitrogen and oxygen atoms in total. The molecule has 2 aliphatic rings. The summed E-state index contributed by atoms with van der Waals surface area (Å²) in [7, 11) is 0. The molecular formula is C26H31Cl2N5O5. The van der Waals surface area contributed by atoms with E-state index in [1.165, 1.54) is 23.5 Å². The molecule has 0 spiro atoms. The first-order chi connectivity index (χ1) is 17.9. The van der Waals surface area contributed by atoms with Gasteiger partial charge in [0.2, 0.25) is 5.91 Å². The molecule has 1 saturated heterocycles. The zero-order valence-electron chi connectivity index (χ0n) is 21.8. The van der Waals surface area contributed by atoms with Crippen molar-refractivity contribution in [2.24, 2.45) is 0 Å². The van der Waals surface area contributed by atoms with Crippen LogP contribution in [0.4, 0.5) is 10.6 Å². The number of morpholine rings is 1. The average Bonchev–Trinajstić information content (AvgIpc) is 2.86. The van der Waals surface area contributed by atoms with Crippen molar-refractivity contribution in [2.75, 3.05) is 37.7 Å². The fourth-order valence-corrected chi connectivity index (χ4v) is 5.33. The van der Waals surface area contributed by atoms with E-state index in [9.17, 15) is 14.4 Å². The Bertz CT molecular complexity index is 1210. The van der Waals surface area contributed by atoms with Crippen LogP contribution in [-0.4, -0.2) is 82.2 Å². The minimum Gasteiger partial charge on any atom is -0.443 e. The number of hydrogen-bond donors (Lipinski definition) is 0. The summed E-state index contributed by atoms with van der Waals surface area (Å²) in [5, 5.41) is 1.08. The Morgan fingerprint density at radius 1 is 1.18 bits per heavy atom. The zero-order chi connectivity index (χ0) is 27.6. The lowest BCUT2D eigenvalue weighted by Gasteiger charge is -2.40. The molecule has 2 aliphatic heterocycles. The van der Waals surface area contributed by atoms with Crippen LogP contribution in [-0.2, 0) is 25.5 Å². The highest BCUT2D eigenvalue weighted by Gasteiger charge is 2.38. The lowest BCUT2D eigenvalue weighted by Crippen LogP contribution is -2.55. The lowest BCUT2D eigenvalue weighted by molar-refractivity contribution is -0.155. The quantitative estimate of drug-likeness (QED) is 0.555. The summed E-state index contributed by atoms with van der Waals surface area (Å²) in [4.78, 5) is 52.3. The monoisotopic (exact) mass is 563 g/mol. The summed E-state index contributed by atoms with van der Waals surface area (Å²) in [6.45, 7) is 7.83. The Morgan fingerprint density at radius 2 is 1.95 bits per heavy atom. The van der Waals surface area contributed by atoms with E-state index in [0.717, 1.165) is 16.0 Å². The smallest absolute Gasteiger partial charge is 0.416 e. The molecule has 0 aliphatic carbocycles. The largest absolute Gasteiger partial charge is 0.443 e. The first-order valence-electron chi connectivity index (χ1n) is 12.4. The summed E-state index contributed by atoms with van der Waals surface area (Å²) < 4.78 is 11.3. The van der Waals surface area contributed by atoms with Crippen molar-refractivity contribution < 1.29 is 23.9 Å². The van der Waals surface area contributed by atoms with Gasteiger partial charge in [-0.2, -0.15) is 0 Å². The fourth-order valence-electron chi connectivity index (χ4n) is 4.64. The van der Waals surface area contributed by atoms with Crippen molar-refractivity contribution in [3.8, 4) is 0 Å². The van der Waals surface area contributed by atoms with E-state index >= 15 is 0 Å². The second-order valence-corrected chi connectivity index (χ2v) is 11.1. The van der Waals surface area contributed by atoms with Crippen LogP contribution >= 0.6 is 23.2 Å². The van der Waals surface area contributed by atoms with Crippen LogP contribution in [0.3, 0.4) is 0 Å². The number of aromatic nitrogens is 2. The molecule has 38 heavy (non-hydrogen) atoms. The van der Waals surface area contributed by atoms with E-state index in [1.54, 1.807) is 31.7 Å². The molecule has 0 radical (unpaired) electrons. The maximum Gasteiger partial charge on any atom is 0.416 e. The normalized spacial score (nSPS) is 19.5. The molecule has 2 aromatic rings. The molecule has 1 aromatic heterocycles. The number of ether oxygens (including phenoxy) is 2.